The smallest absolute Gasteiger partial charge is 0.338 e. The molecular weight excluding hydrogens is 220 g/mol. The predicted octanol–water partition coefficient (Wildman–Crippen LogP) is 3.15. The molecule has 16 heavy (non-hydrogen) atoms. The van der Waals surface area contributed by atoms with Crippen LogP contribution in [-0.4, -0.2) is 12.6 Å². The molecule has 1 heterocycles. The van der Waals surface area contributed by atoms with Gasteiger partial charge in [0.15, 0.2) is 0 Å². The van der Waals surface area contributed by atoms with Crippen molar-refractivity contribution in [2.45, 2.75) is 6.42 Å². The van der Waals surface area contributed by atoms with Crippen molar-refractivity contribution in [2.24, 2.45) is 0 Å². The van der Waals surface area contributed by atoms with Crippen molar-refractivity contribution >= 4 is 17.3 Å². The van der Waals surface area contributed by atoms with Crippen LogP contribution in [0.15, 0.2) is 47.8 Å². The van der Waals surface area contributed by atoms with Crippen LogP contribution in [0.25, 0.3) is 0 Å². The second-order valence-electron chi connectivity index (χ2n) is 3.33. The van der Waals surface area contributed by atoms with E-state index in [1.807, 2.05) is 35.7 Å². The van der Waals surface area contributed by atoms with Crippen LogP contribution in [0.2, 0.25) is 0 Å². The van der Waals surface area contributed by atoms with Crippen LogP contribution in [-0.2, 0) is 11.2 Å². The highest BCUT2D eigenvalue weighted by atomic mass is 32.1. The summed E-state index contributed by atoms with van der Waals surface area (Å²) in [4.78, 5) is 12.8. The zero-order chi connectivity index (χ0) is 11.2. The average molecular weight is 232 g/mol. The normalized spacial score (nSPS) is 10.0. The van der Waals surface area contributed by atoms with Gasteiger partial charge in [-0.25, -0.2) is 4.79 Å². The van der Waals surface area contributed by atoms with Gasteiger partial charge in [-0.3, -0.25) is 0 Å². The number of esters is 1. The van der Waals surface area contributed by atoms with Crippen molar-refractivity contribution in [1.82, 2.24) is 0 Å². The lowest BCUT2D eigenvalue weighted by atomic mass is 10.2. The number of hydrogen-bond acceptors (Lipinski definition) is 3. The number of thiophene rings is 1. The van der Waals surface area contributed by atoms with E-state index in [2.05, 4.69) is 0 Å². The van der Waals surface area contributed by atoms with Crippen molar-refractivity contribution in [3.8, 4) is 0 Å². The molecule has 0 radical (unpaired) electrons. The van der Waals surface area contributed by atoms with Crippen molar-refractivity contribution in [3.05, 3.63) is 58.3 Å². The maximum atomic E-state index is 11.6. The van der Waals surface area contributed by atoms with Gasteiger partial charge in [-0.05, 0) is 23.6 Å². The Bertz CT molecular complexity index is 434. The SMILES string of the molecule is O=C(OCCc1cccs1)c1ccccc1. The molecule has 82 valence electrons. The molecule has 3 heteroatoms. The fourth-order valence-corrected chi connectivity index (χ4v) is 2.05. The molecular formula is C13H12O2S. The van der Waals surface area contributed by atoms with Crippen molar-refractivity contribution in [2.75, 3.05) is 6.61 Å². The van der Waals surface area contributed by atoms with Crippen LogP contribution in [0.1, 0.15) is 15.2 Å². The van der Waals surface area contributed by atoms with Gasteiger partial charge in [0.2, 0.25) is 0 Å². The second kappa shape index (κ2) is 5.47. The first-order valence-corrected chi connectivity index (χ1v) is 5.99. The summed E-state index contributed by atoms with van der Waals surface area (Å²) < 4.78 is 5.17. The molecule has 0 aliphatic rings. The first-order chi connectivity index (χ1) is 7.86. The zero-order valence-electron chi connectivity index (χ0n) is 8.76. The molecule has 0 bridgehead atoms. The Morgan fingerprint density at radius 1 is 1.12 bits per heavy atom. The van der Waals surface area contributed by atoms with E-state index in [1.54, 1.807) is 23.5 Å². The van der Waals surface area contributed by atoms with Crippen molar-refractivity contribution in [3.63, 3.8) is 0 Å². The second-order valence-corrected chi connectivity index (χ2v) is 4.36. The fourth-order valence-electron chi connectivity index (χ4n) is 1.36. The van der Waals surface area contributed by atoms with E-state index in [-0.39, 0.29) is 5.97 Å². The first-order valence-electron chi connectivity index (χ1n) is 5.11. The zero-order valence-corrected chi connectivity index (χ0v) is 9.57. The summed E-state index contributed by atoms with van der Waals surface area (Å²) in [5.74, 6) is -0.253. The molecule has 0 aliphatic carbocycles. The molecule has 0 aliphatic heterocycles. The molecule has 1 aromatic carbocycles. The van der Waals surface area contributed by atoms with E-state index >= 15 is 0 Å². The Kier molecular flexibility index (Phi) is 3.72. The van der Waals surface area contributed by atoms with Gasteiger partial charge in [0.25, 0.3) is 0 Å². The average Bonchev–Trinajstić information content (AvgIpc) is 2.83. The fraction of sp³-hybridized carbons (Fsp3) is 0.154. The molecule has 0 spiro atoms. The number of carbonyl (C=O) groups is 1. The molecule has 0 unspecified atom stereocenters. The maximum Gasteiger partial charge on any atom is 0.338 e. The summed E-state index contributed by atoms with van der Waals surface area (Å²) >= 11 is 1.68. The third-order valence-electron chi connectivity index (χ3n) is 2.17. The molecule has 2 rings (SSSR count). The molecule has 0 N–H and O–H groups in total. The third-order valence-corrected chi connectivity index (χ3v) is 3.11. The third kappa shape index (κ3) is 2.94. The summed E-state index contributed by atoms with van der Waals surface area (Å²) in [7, 11) is 0. The van der Waals surface area contributed by atoms with Gasteiger partial charge in [0.1, 0.15) is 0 Å². The molecule has 1 aromatic heterocycles. The Labute approximate surface area is 98.5 Å². The van der Waals surface area contributed by atoms with Gasteiger partial charge in [0, 0.05) is 11.3 Å². The largest absolute Gasteiger partial charge is 0.462 e. The first kappa shape index (κ1) is 10.9. The van der Waals surface area contributed by atoms with Crippen LogP contribution in [0.5, 0.6) is 0 Å². The lowest BCUT2D eigenvalue weighted by molar-refractivity contribution is 0.0510. The molecule has 0 fully saturated rings. The van der Waals surface area contributed by atoms with Crippen molar-refractivity contribution in [1.29, 1.82) is 0 Å². The topological polar surface area (TPSA) is 26.3 Å². The molecule has 0 amide bonds. The molecule has 0 saturated heterocycles. The van der Waals surface area contributed by atoms with Crippen LogP contribution in [0, 0.1) is 0 Å². The Balaban J connectivity index is 1.81. The Morgan fingerprint density at radius 2 is 1.94 bits per heavy atom. The van der Waals surface area contributed by atoms with Gasteiger partial charge in [-0.1, -0.05) is 24.3 Å². The highest BCUT2D eigenvalue weighted by Gasteiger charge is 2.05. The van der Waals surface area contributed by atoms with Gasteiger partial charge < -0.3 is 4.74 Å². The van der Waals surface area contributed by atoms with Crippen molar-refractivity contribution < 1.29 is 9.53 Å². The number of ether oxygens (including phenoxy) is 1. The molecule has 0 atom stereocenters. The summed E-state index contributed by atoms with van der Waals surface area (Å²) in [5.41, 5.74) is 0.605. The summed E-state index contributed by atoms with van der Waals surface area (Å²) in [6.07, 6.45) is 0.788. The van der Waals surface area contributed by atoms with Crippen LogP contribution in [0.3, 0.4) is 0 Å². The highest BCUT2D eigenvalue weighted by Crippen LogP contribution is 2.09. The van der Waals surface area contributed by atoms with E-state index in [0.29, 0.717) is 12.2 Å². The minimum atomic E-state index is -0.253. The van der Waals surface area contributed by atoms with E-state index in [1.165, 1.54) is 4.88 Å². The lowest BCUT2D eigenvalue weighted by Gasteiger charge is -2.03. The number of carbonyl (C=O) groups excluding carboxylic acids is 1. The molecule has 0 saturated carbocycles. The standard InChI is InChI=1S/C13H12O2S/c14-13(11-5-2-1-3-6-11)15-9-8-12-7-4-10-16-12/h1-7,10H,8-9H2. The van der Waals surface area contributed by atoms with Gasteiger partial charge >= 0.3 is 5.97 Å². The number of hydrogen-bond donors (Lipinski definition) is 0. The molecule has 2 aromatic rings. The Morgan fingerprint density at radius 3 is 2.62 bits per heavy atom. The minimum absolute atomic E-state index is 0.253. The minimum Gasteiger partial charge on any atom is -0.462 e. The van der Waals surface area contributed by atoms with E-state index in [9.17, 15) is 4.79 Å². The quantitative estimate of drug-likeness (QED) is 0.757. The van der Waals surface area contributed by atoms with Crippen LogP contribution >= 0.6 is 11.3 Å². The van der Waals surface area contributed by atoms with Crippen LogP contribution in [0.4, 0.5) is 0 Å². The number of rotatable bonds is 4. The summed E-state index contributed by atoms with van der Waals surface area (Å²) in [5, 5.41) is 2.02. The van der Waals surface area contributed by atoms with E-state index < -0.39 is 0 Å². The summed E-state index contributed by atoms with van der Waals surface area (Å²) in [6, 6.07) is 13.1. The van der Waals surface area contributed by atoms with Gasteiger partial charge in [0.05, 0.1) is 12.2 Å². The van der Waals surface area contributed by atoms with Gasteiger partial charge in [-0.15, -0.1) is 11.3 Å². The molecule has 2 nitrogen and oxygen atoms in total. The number of benzene rings is 1. The van der Waals surface area contributed by atoms with E-state index in [0.717, 1.165) is 6.42 Å². The Hall–Kier alpha value is -1.61. The van der Waals surface area contributed by atoms with Gasteiger partial charge in [-0.2, -0.15) is 0 Å². The monoisotopic (exact) mass is 232 g/mol. The summed E-state index contributed by atoms with van der Waals surface area (Å²) in [6.45, 7) is 0.439. The lowest BCUT2D eigenvalue weighted by Crippen LogP contribution is -2.07. The highest BCUT2D eigenvalue weighted by molar-refractivity contribution is 7.09. The van der Waals surface area contributed by atoms with E-state index in [4.69, 9.17) is 4.74 Å². The maximum absolute atomic E-state index is 11.6. The van der Waals surface area contributed by atoms with Crippen LogP contribution < -0.4 is 0 Å². The predicted molar refractivity (Wildman–Crippen MR) is 64.7 cm³/mol.